The molecule has 4 heteroatoms. The zero-order valence-electron chi connectivity index (χ0n) is 11.3. The van der Waals surface area contributed by atoms with Crippen molar-refractivity contribution in [1.82, 2.24) is 10.6 Å². The SMILES string of the molecule is CCC(CNC)C(NC)c1ccc2c(c1)OCO2. The minimum atomic E-state index is 0.330. The fourth-order valence-corrected chi connectivity index (χ4v) is 2.54. The largest absolute Gasteiger partial charge is 0.454 e. The predicted octanol–water partition coefficient (Wildman–Crippen LogP) is 1.92. The van der Waals surface area contributed by atoms with Crippen molar-refractivity contribution in [3.05, 3.63) is 23.8 Å². The fourth-order valence-electron chi connectivity index (χ4n) is 2.54. The van der Waals surface area contributed by atoms with Crippen LogP contribution in [0.2, 0.25) is 0 Å². The van der Waals surface area contributed by atoms with Gasteiger partial charge in [0.25, 0.3) is 0 Å². The highest BCUT2D eigenvalue weighted by molar-refractivity contribution is 5.45. The van der Waals surface area contributed by atoms with Gasteiger partial charge in [-0.05, 0) is 44.3 Å². The minimum Gasteiger partial charge on any atom is -0.454 e. The lowest BCUT2D eigenvalue weighted by Crippen LogP contribution is -2.31. The van der Waals surface area contributed by atoms with Crippen LogP contribution in [-0.4, -0.2) is 27.4 Å². The fraction of sp³-hybridized carbons (Fsp3) is 0.571. The van der Waals surface area contributed by atoms with Crippen LogP contribution in [0.25, 0.3) is 0 Å². The summed E-state index contributed by atoms with van der Waals surface area (Å²) in [5.74, 6) is 2.25. The second-order valence-corrected chi connectivity index (χ2v) is 4.61. The topological polar surface area (TPSA) is 42.5 Å². The van der Waals surface area contributed by atoms with Gasteiger partial charge in [0, 0.05) is 6.04 Å². The van der Waals surface area contributed by atoms with E-state index in [0.29, 0.717) is 18.8 Å². The lowest BCUT2D eigenvalue weighted by atomic mass is 9.90. The van der Waals surface area contributed by atoms with Crippen LogP contribution < -0.4 is 20.1 Å². The molecule has 0 saturated heterocycles. The molecule has 4 nitrogen and oxygen atoms in total. The maximum absolute atomic E-state index is 5.44. The normalized spacial score (nSPS) is 16.6. The first kappa shape index (κ1) is 13.2. The van der Waals surface area contributed by atoms with Crippen molar-refractivity contribution in [2.45, 2.75) is 19.4 Å². The Balaban J connectivity index is 2.21. The molecule has 0 amide bonds. The van der Waals surface area contributed by atoms with Crippen LogP contribution in [-0.2, 0) is 0 Å². The van der Waals surface area contributed by atoms with Gasteiger partial charge >= 0.3 is 0 Å². The van der Waals surface area contributed by atoms with Gasteiger partial charge in [-0.25, -0.2) is 0 Å². The third-order valence-corrected chi connectivity index (χ3v) is 3.53. The molecule has 0 aromatic heterocycles. The van der Waals surface area contributed by atoms with E-state index in [1.807, 2.05) is 20.2 Å². The van der Waals surface area contributed by atoms with E-state index in [-0.39, 0.29) is 0 Å². The van der Waals surface area contributed by atoms with Crippen LogP contribution >= 0.6 is 0 Å². The van der Waals surface area contributed by atoms with E-state index < -0.39 is 0 Å². The van der Waals surface area contributed by atoms with Gasteiger partial charge in [-0.3, -0.25) is 0 Å². The van der Waals surface area contributed by atoms with Crippen LogP contribution in [0.15, 0.2) is 18.2 Å². The van der Waals surface area contributed by atoms with E-state index in [1.54, 1.807) is 0 Å². The summed E-state index contributed by atoms with van der Waals surface area (Å²) in [6.45, 7) is 3.55. The first-order valence-electron chi connectivity index (χ1n) is 6.51. The molecule has 0 bridgehead atoms. The van der Waals surface area contributed by atoms with E-state index in [4.69, 9.17) is 9.47 Å². The molecule has 1 aliphatic heterocycles. The Morgan fingerprint density at radius 3 is 2.67 bits per heavy atom. The Morgan fingerprint density at radius 2 is 2.00 bits per heavy atom. The van der Waals surface area contributed by atoms with Crippen LogP contribution in [0.5, 0.6) is 11.5 Å². The van der Waals surface area contributed by atoms with Crippen LogP contribution in [0, 0.1) is 5.92 Å². The second-order valence-electron chi connectivity index (χ2n) is 4.61. The summed E-state index contributed by atoms with van der Waals surface area (Å²) in [4.78, 5) is 0. The quantitative estimate of drug-likeness (QED) is 0.809. The first-order chi connectivity index (χ1) is 8.80. The molecule has 0 spiro atoms. The maximum Gasteiger partial charge on any atom is 0.231 e. The van der Waals surface area contributed by atoms with Crippen molar-refractivity contribution in [1.29, 1.82) is 0 Å². The van der Waals surface area contributed by atoms with E-state index >= 15 is 0 Å². The van der Waals surface area contributed by atoms with Crippen molar-refractivity contribution < 1.29 is 9.47 Å². The Morgan fingerprint density at radius 1 is 1.22 bits per heavy atom. The Kier molecular flexibility index (Phi) is 4.44. The molecule has 18 heavy (non-hydrogen) atoms. The van der Waals surface area contributed by atoms with Crippen molar-refractivity contribution in [2.75, 3.05) is 27.4 Å². The van der Waals surface area contributed by atoms with Gasteiger partial charge in [0.05, 0.1) is 0 Å². The molecule has 1 aliphatic rings. The molecule has 0 aliphatic carbocycles. The zero-order chi connectivity index (χ0) is 13.0. The van der Waals surface area contributed by atoms with Crippen molar-refractivity contribution in [3.8, 4) is 11.5 Å². The van der Waals surface area contributed by atoms with Gasteiger partial charge in [0.15, 0.2) is 11.5 Å². The smallest absolute Gasteiger partial charge is 0.231 e. The summed E-state index contributed by atoms with van der Waals surface area (Å²) >= 11 is 0. The molecule has 0 saturated carbocycles. The van der Waals surface area contributed by atoms with Crippen LogP contribution in [0.4, 0.5) is 0 Å². The third-order valence-electron chi connectivity index (χ3n) is 3.53. The average molecular weight is 250 g/mol. The number of fused-ring (bicyclic) bond motifs is 1. The van der Waals surface area contributed by atoms with Gasteiger partial charge in [0.1, 0.15) is 0 Å². The number of hydrogen-bond acceptors (Lipinski definition) is 4. The molecule has 100 valence electrons. The number of hydrogen-bond donors (Lipinski definition) is 2. The maximum atomic E-state index is 5.44. The summed E-state index contributed by atoms with van der Waals surface area (Å²) < 4.78 is 10.8. The van der Waals surface area contributed by atoms with Gasteiger partial charge in [-0.1, -0.05) is 19.4 Å². The predicted molar refractivity (Wildman–Crippen MR) is 72.1 cm³/mol. The Bertz CT molecular complexity index is 395. The molecular weight excluding hydrogens is 228 g/mol. The van der Waals surface area contributed by atoms with Gasteiger partial charge in [-0.15, -0.1) is 0 Å². The molecule has 1 aromatic carbocycles. The standard InChI is InChI=1S/C14H22N2O2/c1-4-10(8-15-2)14(16-3)11-5-6-12-13(7-11)18-9-17-12/h5-7,10,14-16H,4,8-9H2,1-3H3. The number of ether oxygens (including phenoxy) is 2. The zero-order valence-corrected chi connectivity index (χ0v) is 11.3. The summed E-state index contributed by atoms with van der Waals surface area (Å²) in [7, 11) is 4.00. The summed E-state index contributed by atoms with van der Waals surface area (Å²) in [5.41, 5.74) is 1.25. The molecule has 2 N–H and O–H groups in total. The highest BCUT2D eigenvalue weighted by atomic mass is 16.7. The highest BCUT2D eigenvalue weighted by Gasteiger charge is 2.22. The highest BCUT2D eigenvalue weighted by Crippen LogP contribution is 2.36. The lowest BCUT2D eigenvalue weighted by Gasteiger charge is -2.26. The summed E-state index contributed by atoms with van der Waals surface area (Å²) in [6.07, 6.45) is 1.13. The van der Waals surface area contributed by atoms with Gasteiger partial charge in [0.2, 0.25) is 6.79 Å². The van der Waals surface area contributed by atoms with Crippen LogP contribution in [0.3, 0.4) is 0 Å². The molecule has 2 atom stereocenters. The molecular formula is C14H22N2O2. The number of nitrogens with one attached hydrogen (secondary N) is 2. The number of benzene rings is 1. The molecule has 1 aromatic rings. The number of rotatable bonds is 6. The molecule has 0 radical (unpaired) electrons. The van der Waals surface area contributed by atoms with E-state index in [0.717, 1.165) is 24.5 Å². The van der Waals surface area contributed by atoms with E-state index in [2.05, 4.69) is 29.7 Å². The summed E-state index contributed by atoms with van der Waals surface area (Å²) in [5, 5.41) is 6.67. The van der Waals surface area contributed by atoms with E-state index in [9.17, 15) is 0 Å². The monoisotopic (exact) mass is 250 g/mol. The molecule has 2 rings (SSSR count). The van der Waals surface area contributed by atoms with Gasteiger partial charge < -0.3 is 20.1 Å². The van der Waals surface area contributed by atoms with Crippen molar-refractivity contribution >= 4 is 0 Å². The lowest BCUT2D eigenvalue weighted by molar-refractivity contribution is 0.174. The van der Waals surface area contributed by atoms with Crippen LogP contribution in [0.1, 0.15) is 24.9 Å². The Hall–Kier alpha value is -1.26. The molecule has 2 unspecified atom stereocenters. The third kappa shape index (κ3) is 2.60. The average Bonchev–Trinajstić information content (AvgIpc) is 2.86. The Labute approximate surface area is 109 Å². The molecule has 1 heterocycles. The van der Waals surface area contributed by atoms with Crippen molar-refractivity contribution in [3.63, 3.8) is 0 Å². The molecule has 0 fully saturated rings. The summed E-state index contributed by atoms with van der Waals surface area (Å²) in [6, 6.07) is 6.53. The van der Waals surface area contributed by atoms with Crippen molar-refractivity contribution in [2.24, 2.45) is 5.92 Å². The first-order valence-corrected chi connectivity index (χ1v) is 6.51. The van der Waals surface area contributed by atoms with E-state index in [1.165, 1.54) is 5.56 Å². The second kappa shape index (κ2) is 6.07. The minimum absolute atomic E-state index is 0.330. The van der Waals surface area contributed by atoms with Gasteiger partial charge in [-0.2, -0.15) is 0 Å².